The second kappa shape index (κ2) is 5.15. The zero-order valence-corrected chi connectivity index (χ0v) is 14.1. The standard InChI is InChI=1S/C12H11ClN2O6S2/c1-23(17,18)21-7-6(4-13)19-11-8(7)20-12-14-10(16)9-5(15(11)12)2-3-22-9/h2-3,6-8,11H,4H2,1H3/t6-,7-,8+,11-/m1/s1. The molecular weight excluding hydrogens is 368 g/mol. The van der Waals surface area contributed by atoms with Crippen molar-refractivity contribution in [3.8, 4) is 6.01 Å². The molecule has 0 N–H and O–H groups in total. The van der Waals surface area contributed by atoms with E-state index in [2.05, 4.69) is 4.98 Å². The van der Waals surface area contributed by atoms with Crippen LogP contribution in [0.5, 0.6) is 6.01 Å². The number of thiophene rings is 1. The minimum absolute atomic E-state index is 0.0479. The Hall–Kier alpha value is -1.20. The largest absolute Gasteiger partial charge is 0.453 e. The number of hydrogen-bond acceptors (Lipinski definition) is 8. The van der Waals surface area contributed by atoms with Crippen molar-refractivity contribution in [3.05, 3.63) is 21.8 Å². The van der Waals surface area contributed by atoms with E-state index >= 15 is 0 Å². The maximum absolute atomic E-state index is 12.0. The molecule has 0 unspecified atom stereocenters. The fourth-order valence-electron chi connectivity index (χ4n) is 2.88. The average Bonchev–Trinajstić information content (AvgIpc) is 3.12. The van der Waals surface area contributed by atoms with E-state index in [9.17, 15) is 13.2 Å². The summed E-state index contributed by atoms with van der Waals surface area (Å²) in [5.41, 5.74) is 0.238. The van der Waals surface area contributed by atoms with Gasteiger partial charge in [0.1, 0.15) is 16.9 Å². The van der Waals surface area contributed by atoms with Gasteiger partial charge in [-0.05, 0) is 11.4 Å². The van der Waals surface area contributed by atoms with Crippen molar-refractivity contribution in [2.24, 2.45) is 0 Å². The molecule has 4 rings (SSSR count). The van der Waals surface area contributed by atoms with Crippen LogP contribution in [0.4, 0.5) is 0 Å². The SMILES string of the molecule is CS(=O)(=O)O[C@H]1[C@@H]2Oc3nc(=O)c4sccc4n3[C@@H]2O[C@@H]1CCl. The molecule has 124 valence electrons. The topological polar surface area (TPSA) is 96.7 Å². The molecular formula is C12H11ClN2O6S2. The monoisotopic (exact) mass is 378 g/mol. The van der Waals surface area contributed by atoms with Crippen molar-refractivity contribution in [1.29, 1.82) is 0 Å². The fraction of sp³-hybridized carbons (Fsp3) is 0.500. The minimum atomic E-state index is -3.72. The van der Waals surface area contributed by atoms with E-state index in [0.717, 1.165) is 6.26 Å². The highest BCUT2D eigenvalue weighted by atomic mass is 35.5. The summed E-state index contributed by atoms with van der Waals surface area (Å²) in [6, 6.07) is 1.85. The number of rotatable bonds is 3. The Morgan fingerprint density at radius 2 is 2.30 bits per heavy atom. The van der Waals surface area contributed by atoms with Gasteiger partial charge in [-0.3, -0.25) is 13.5 Å². The Morgan fingerprint density at radius 3 is 3.00 bits per heavy atom. The maximum Gasteiger partial charge on any atom is 0.303 e. The van der Waals surface area contributed by atoms with Crippen LogP contribution in [0.2, 0.25) is 0 Å². The first-order valence-corrected chi connectivity index (χ1v) is 9.88. The van der Waals surface area contributed by atoms with Gasteiger partial charge in [0.25, 0.3) is 15.7 Å². The van der Waals surface area contributed by atoms with E-state index in [0.29, 0.717) is 10.2 Å². The molecule has 0 amide bonds. The summed E-state index contributed by atoms with van der Waals surface area (Å²) < 4.78 is 41.7. The Balaban J connectivity index is 1.81. The summed E-state index contributed by atoms with van der Waals surface area (Å²) in [4.78, 5) is 15.9. The fourth-order valence-corrected chi connectivity index (χ4v) is 4.53. The number of halogens is 1. The average molecular weight is 379 g/mol. The molecule has 2 aromatic heterocycles. The van der Waals surface area contributed by atoms with Crippen molar-refractivity contribution >= 4 is 43.3 Å². The van der Waals surface area contributed by atoms with Crippen molar-refractivity contribution < 1.29 is 22.1 Å². The molecule has 1 fully saturated rings. The normalized spacial score (nSPS) is 29.5. The predicted octanol–water partition coefficient (Wildman–Crippen LogP) is 0.700. The number of aromatic nitrogens is 2. The second-order valence-corrected chi connectivity index (χ2v) is 8.10. The molecule has 2 aromatic rings. The van der Waals surface area contributed by atoms with Crippen molar-refractivity contribution in [2.75, 3.05) is 12.1 Å². The van der Waals surface area contributed by atoms with Gasteiger partial charge >= 0.3 is 6.01 Å². The Kier molecular flexibility index (Phi) is 3.43. The quantitative estimate of drug-likeness (QED) is 0.572. The lowest BCUT2D eigenvalue weighted by Crippen LogP contribution is -2.38. The molecule has 0 radical (unpaired) electrons. The summed E-state index contributed by atoms with van der Waals surface area (Å²) in [7, 11) is -3.72. The Bertz CT molecular complexity index is 939. The number of hydrogen-bond donors (Lipinski definition) is 0. The molecule has 0 bridgehead atoms. The summed E-state index contributed by atoms with van der Waals surface area (Å²) in [5, 5.41) is 1.77. The number of alkyl halides is 1. The third-order valence-corrected chi connectivity index (χ3v) is 5.49. The minimum Gasteiger partial charge on any atom is -0.453 e. The van der Waals surface area contributed by atoms with Crippen LogP contribution in [0.25, 0.3) is 10.2 Å². The van der Waals surface area contributed by atoms with Gasteiger partial charge < -0.3 is 9.47 Å². The van der Waals surface area contributed by atoms with Gasteiger partial charge in [0.05, 0.1) is 17.7 Å². The van der Waals surface area contributed by atoms with E-state index in [1.54, 1.807) is 16.0 Å². The highest BCUT2D eigenvalue weighted by molar-refractivity contribution is 7.86. The lowest BCUT2D eigenvalue weighted by Gasteiger charge is -2.18. The second-order valence-electron chi connectivity index (χ2n) is 5.27. The third kappa shape index (κ3) is 2.36. The first-order chi connectivity index (χ1) is 10.9. The van der Waals surface area contributed by atoms with Crippen molar-refractivity contribution in [2.45, 2.75) is 24.5 Å². The van der Waals surface area contributed by atoms with E-state index in [1.807, 2.05) is 0 Å². The molecule has 0 spiro atoms. The zero-order valence-electron chi connectivity index (χ0n) is 11.7. The first kappa shape index (κ1) is 15.3. The van der Waals surface area contributed by atoms with Crippen LogP contribution >= 0.6 is 22.9 Å². The zero-order chi connectivity index (χ0) is 16.4. The molecule has 4 atom stereocenters. The highest BCUT2D eigenvalue weighted by Crippen LogP contribution is 2.43. The molecule has 8 nitrogen and oxygen atoms in total. The van der Waals surface area contributed by atoms with E-state index in [4.69, 9.17) is 25.3 Å². The summed E-state index contributed by atoms with van der Waals surface area (Å²) >= 11 is 7.14. The molecule has 11 heteroatoms. The van der Waals surface area contributed by atoms with Crippen LogP contribution in [0.1, 0.15) is 6.23 Å². The van der Waals surface area contributed by atoms with Crippen LogP contribution < -0.4 is 10.3 Å². The molecule has 2 aliphatic rings. The third-order valence-electron chi connectivity index (χ3n) is 3.72. The van der Waals surface area contributed by atoms with Crippen LogP contribution in [0.15, 0.2) is 16.2 Å². The van der Waals surface area contributed by atoms with Gasteiger partial charge in [-0.25, -0.2) is 0 Å². The first-order valence-electron chi connectivity index (χ1n) is 6.65. The molecule has 0 saturated carbocycles. The van der Waals surface area contributed by atoms with Crippen molar-refractivity contribution in [1.82, 2.24) is 9.55 Å². The molecule has 23 heavy (non-hydrogen) atoms. The van der Waals surface area contributed by atoms with Crippen molar-refractivity contribution in [3.63, 3.8) is 0 Å². The Labute approximate surface area is 139 Å². The molecule has 0 aliphatic carbocycles. The smallest absolute Gasteiger partial charge is 0.303 e. The van der Waals surface area contributed by atoms with Gasteiger partial charge in [-0.2, -0.15) is 13.4 Å². The van der Waals surface area contributed by atoms with E-state index < -0.39 is 40.2 Å². The molecule has 4 heterocycles. The van der Waals surface area contributed by atoms with Crippen LogP contribution in [-0.2, 0) is 19.0 Å². The lowest BCUT2D eigenvalue weighted by atomic mass is 10.1. The summed E-state index contributed by atoms with van der Waals surface area (Å²) in [6.45, 7) is 0. The predicted molar refractivity (Wildman–Crippen MR) is 82.6 cm³/mol. The highest BCUT2D eigenvalue weighted by Gasteiger charge is 2.54. The maximum atomic E-state index is 12.0. The number of fused-ring (bicyclic) bond motifs is 5. The van der Waals surface area contributed by atoms with Gasteiger partial charge in [0.2, 0.25) is 0 Å². The van der Waals surface area contributed by atoms with Crippen LogP contribution in [0, 0.1) is 0 Å². The van der Waals surface area contributed by atoms with Crippen LogP contribution in [0.3, 0.4) is 0 Å². The van der Waals surface area contributed by atoms with Crippen LogP contribution in [-0.4, -0.2) is 48.4 Å². The number of nitrogens with zero attached hydrogens (tertiary/aromatic N) is 2. The number of ether oxygens (including phenoxy) is 2. The Morgan fingerprint density at radius 1 is 1.52 bits per heavy atom. The van der Waals surface area contributed by atoms with Gasteiger partial charge in [0, 0.05) is 0 Å². The van der Waals surface area contributed by atoms with E-state index in [1.165, 1.54) is 11.3 Å². The molecule has 2 aliphatic heterocycles. The van der Waals surface area contributed by atoms with Gasteiger partial charge in [-0.1, -0.05) is 0 Å². The molecule has 0 aromatic carbocycles. The molecule has 1 saturated heterocycles. The van der Waals surface area contributed by atoms with Gasteiger partial charge in [0.15, 0.2) is 12.3 Å². The summed E-state index contributed by atoms with van der Waals surface area (Å²) in [5.74, 6) is 0.0479. The lowest BCUT2D eigenvalue weighted by molar-refractivity contribution is 0.000968. The summed E-state index contributed by atoms with van der Waals surface area (Å²) in [6.07, 6.45) is -2.00. The van der Waals surface area contributed by atoms with E-state index in [-0.39, 0.29) is 11.9 Å². The van der Waals surface area contributed by atoms with Gasteiger partial charge in [-0.15, -0.1) is 22.9 Å².